The molecular formula is C11H19F3N2O2. The molecule has 0 atom stereocenters. The lowest BCUT2D eigenvalue weighted by Crippen LogP contribution is -2.37. The Morgan fingerprint density at radius 2 is 1.83 bits per heavy atom. The van der Waals surface area contributed by atoms with E-state index in [9.17, 15) is 18.0 Å². The highest BCUT2D eigenvalue weighted by molar-refractivity contribution is 5.76. The predicted octanol–water partition coefficient (Wildman–Crippen LogP) is 1.52. The summed E-state index contributed by atoms with van der Waals surface area (Å²) in [5.41, 5.74) is 0. The summed E-state index contributed by atoms with van der Waals surface area (Å²) in [6.45, 7) is 1.65. The number of ether oxygens (including phenoxy) is 1. The van der Waals surface area contributed by atoms with E-state index in [0.29, 0.717) is 13.0 Å². The molecule has 0 spiro atoms. The number of amides is 1. The van der Waals surface area contributed by atoms with Crippen LogP contribution in [0, 0.1) is 0 Å². The van der Waals surface area contributed by atoms with Gasteiger partial charge in [-0.3, -0.25) is 9.53 Å². The first-order valence-electron chi connectivity index (χ1n) is 6.18. The van der Waals surface area contributed by atoms with Gasteiger partial charge in [0, 0.05) is 32.6 Å². The molecule has 0 saturated carbocycles. The van der Waals surface area contributed by atoms with Crippen molar-refractivity contribution in [3.8, 4) is 0 Å². The van der Waals surface area contributed by atoms with Gasteiger partial charge in [-0.25, -0.2) is 0 Å². The second-order valence-corrected chi connectivity index (χ2v) is 4.24. The van der Waals surface area contributed by atoms with Gasteiger partial charge in [0.05, 0.1) is 6.61 Å². The Hall–Kier alpha value is -0.820. The average Bonchev–Trinajstić information content (AvgIpc) is 2.33. The maximum atomic E-state index is 11.7. The van der Waals surface area contributed by atoms with Crippen LogP contribution in [-0.2, 0) is 9.53 Å². The molecule has 1 rings (SSSR count). The van der Waals surface area contributed by atoms with E-state index in [0.717, 1.165) is 32.4 Å². The monoisotopic (exact) mass is 268 g/mol. The van der Waals surface area contributed by atoms with Gasteiger partial charge < -0.3 is 10.2 Å². The molecule has 1 fully saturated rings. The molecule has 1 amide bonds. The second kappa shape index (κ2) is 7.58. The van der Waals surface area contributed by atoms with Crippen LogP contribution >= 0.6 is 0 Å². The Kier molecular flexibility index (Phi) is 6.42. The zero-order chi connectivity index (χ0) is 13.4. The first-order valence-corrected chi connectivity index (χ1v) is 6.18. The number of alkyl halides is 3. The van der Waals surface area contributed by atoms with Gasteiger partial charge in [-0.15, -0.1) is 13.2 Å². The van der Waals surface area contributed by atoms with Crippen LogP contribution < -0.4 is 5.32 Å². The summed E-state index contributed by atoms with van der Waals surface area (Å²) in [7, 11) is 0. The molecule has 106 valence electrons. The van der Waals surface area contributed by atoms with Crippen LogP contribution in [0.1, 0.15) is 25.7 Å². The van der Waals surface area contributed by atoms with Crippen LogP contribution in [0.15, 0.2) is 0 Å². The van der Waals surface area contributed by atoms with Crippen molar-refractivity contribution < 1.29 is 22.7 Å². The maximum absolute atomic E-state index is 11.7. The van der Waals surface area contributed by atoms with Gasteiger partial charge >= 0.3 is 6.36 Å². The number of likely N-dealkylation sites (tertiary alicyclic amines) is 1. The fraction of sp³-hybridized carbons (Fsp3) is 0.909. The van der Waals surface area contributed by atoms with E-state index in [4.69, 9.17) is 0 Å². The largest absolute Gasteiger partial charge is 0.522 e. The van der Waals surface area contributed by atoms with Gasteiger partial charge in [0.1, 0.15) is 0 Å². The Balaban J connectivity index is 1.98. The van der Waals surface area contributed by atoms with Gasteiger partial charge in [-0.05, 0) is 19.3 Å². The van der Waals surface area contributed by atoms with Crippen molar-refractivity contribution in [1.29, 1.82) is 0 Å². The molecule has 0 unspecified atom stereocenters. The summed E-state index contributed by atoms with van der Waals surface area (Å²) in [5.74, 6) is 0.0685. The number of rotatable bonds is 6. The Morgan fingerprint density at radius 1 is 1.17 bits per heavy atom. The molecule has 0 aliphatic carbocycles. The van der Waals surface area contributed by atoms with Gasteiger partial charge in [-0.1, -0.05) is 0 Å². The lowest BCUT2D eigenvalue weighted by molar-refractivity contribution is -0.323. The Bertz CT molecular complexity index is 253. The molecule has 1 aliphatic rings. The fourth-order valence-corrected chi connectivity index (χ4v) is 1.86. The van der Waals surface area contributed by atoms with Gasteiger partial charge in [0.15, 0.2) is 0 Å². The molecule has 18 heavy (non-hydrogen) atoms. The van der Waals surface area contributed by atoms with Crippen LogP contribution in [0.4, 0.5) is 13.2 Å². The normalized spacial score (nSPS) is 16.9. The summed E-state index contributed by atoms with van der Waals surface area (Å²) in [6, 6.07) is 0. The van der Waals surface area contributed by atoms with E-state index >= 15 is 0 Å². The van der Waals surface area contributed by atoms with E-state index in [-0.39, 0.29) is 12.5 Å². The van der Waals surface area contributed by atoms with Crippen molar-refractivity contribution in [3.05, 3.63) is 0 Å². The third-order valence-corrected chi connectivity index (χ3v) is 2.77. The zero-order valence-electron chi connectivity index (χ0n) is 10.3. The number of hydrogen-bond donors (Lipinski definition) is 1. The topological polar surface area (TPSA) is 41.6 Å². The van der Waals surface area contributed by atoms with Crippen molar-refractivity contribution >= 4 is 5.91 Å². The van der Waals surface area contributed by atoms with Crippen molar-refractivity contribution in [2.45, 2.75) is 32.0 Å². The number of nitrogens with one attached hydrogen (secondary N) is 1. The highest BCUT2D eigenvalue weighted by Crippen LogP contribution is 2.15. The predicted molar refractivity (Wildman–Crippen MR) is 59.9 cm³/mol. The number of piperidine rings is 1. The van der Waals surface area contributed by atoms with Crippen LogP contribution in [0.3, 0.4) is 0 Å². The van der Waals surface area contributed by atoms with Gasteiger partial charge in [0.2, 0.25) is 5.91 Å². The van der Waals surface area contributed by atoms with Crippen molar-refractivity contribution in [3.63, 3.8) is 0 Å². The SMILES string of the molecule is O=C(CCNCCOC(F)(F)F)N1CCCCC1. The van der Waals surface area contributed by atoms with E-state index in [1.165, 1.54) is 0 Å². The molecule has 1 N–H and O–H groups in total. The quantitative estimate of drug-likeness (QED) is 0.743. The van der Waals surface area contributed by atoms with E-state index in [2.05, 4.69) is 10.1 Å². The molecule has 0 aromatic carbocycles. The van der Waals surface area contributed by atoms with Crippen molar-refractivity contribution in [2.24, 2.45) is 0 Å². The fourth-order valence-electron chi connectivity index (χ4n) is 1.86. The van der Waals surface area contributed by atoms with Crippen LogP contribution in [0.5, 0.6) is 0 Å². The molecule has 4 nitrogen and oxygen atoms in total. The molecule has 0 radical (unpaired) electrons. The van der Waals surface area contributed by atoms with Crippen LogP contribution in [-0.4, -0.2) is 50.0 Å². The second-order valence-electron chi connectivity index (χ2n) is 4.24. The average molecular weight is 268 g/mol. The minimum Gasteiger partial charge on any atom is -0.343 e. The first kappa shape index (κ1) is 15.2. The third kappa shape index (κ3) is 6.80. The Labute approximate surface area is 104 Å². The lowest BCUT2D eigenvalue weighted by Gasteiger charge is -2.26. The van der Waals surface area contributed by atoms with Crippen LogP contribution in [0.25, 0.3) is 0 Å². The molecule has 7 heteroatoms. The summed E-state index contributed by atoms with van der Waals surface area (Å²) < 4.78 is 38.5. The standard InChI is InChI=1S/C11H19F3N2O2/c12-11(13,14)18-9-6-15-5-4-10(17)16-7-2-1-3-8-16/h15H,1-9H2. The number of carbonyl (C=O) groups is 1. The summed E-state index contributed by atoms with van der Waals surface area (Å²) in [4.78, 5) is 13.5. The number of hydrogen-bond acceptors (Lipinski definition) is 3. The van der Waals surface area contributed by atoms with E-state index < -0.39 is 13.0 Å². The molecule has 1 saturated heterocycles. The minimum absolute atomic E-state index is 0.0685. The summed E-state index contributed by atoms with van der Waals surface area (Å²) in [6.07, 6.45) is -1.01. The third-order valence-electron chi connectivity index (χ3n) is 2.77. The highest BCUT2D eigenvalue weighted by Gasteiger charge is 2.28. The van der Waals surface area contributed by atoms with E-state index in [1.807, 2.05) is 4.90 Å². The lowest BCUT2D eigenvalue weighted by atomic mass is 10.1. The van der Waals surface area contributed by atoms with Crippen LogP contribution in [0.2, 0.25) is 0 Å². The molecule has 1 heterocycles. The maximum Gasteiger partial charge on any atom is 0.522 e. The molecule has 0 aromatic rings. The molecular weight excluding hydrogens is 249 g/mol. The number of carbonyl (C=O) groups excluding carboxylic acids is 1. The highest BCUT2D eigenvalue weighted by atomic mass is 19.4. The zero-order valence-corrected chi connectivity index (χ0v) is 10.3. The molecule has 0 bridgehead atoms. The minimum atomic E-state index is -4.58. The van der Waals surface area contributed by atoms with E-state index in [1.54, 1.807) is 0 Å². The van der Waals surface area contributed by atoms with Crippen molar-refractivity contribution in [2.75, 3.05) is 32.8 Å². The number of nitrogens with zero attached hydrogens (tertiary/aromatic N) is 1. The summed E-state index contributed by atoms with van der Waals surface area (Å²) >= 11 is 0. The summed E-state index contributed by atoms with van der Waals surface area (Å²) in [5, 5.41) is 2.76. The number of halogens is 3. The van der Waals surface area contributed by atoms with Gasteiger partial charge in [-0.2, -0.15) is 0 Å². The molecule has 0 aromatic heterocycles. The first-order chi connectivity index (χ1) is 8.49. The Morgan fingerprint density at radius 3 is 2.44 bits per heavy atom. The molecule has 1 aliphatic heterocycles. The van der Waals surface area contributed by atoms with Gasteiger partial charge in [0.25, 0.3) is 0 Å². The van der Waals surface area contributed by atoms with Crippen molar-refractivity contribution in [1.82, 2.24) is 10.2 Å². The smallest absolute Gasteiger partial charge is 0.343 e.